The Morgan fingerprint density at radius 1 is 1.12 bits per heavy atom. The van der Waals surface area contributed by atoms with Crippen molar-refractivity contribution >= 4 is 33.0 Å². The first kappa shape index (κ1) is 27.4. The number of Topliss-reactive ketones (excluding diaryl/α,β-unsaturated/α-hetero) is 1. The van der Waals surface area contributed by atoms with Crippen LogP contribution in [0.3, 0.4) is 0 Å². The molecule has 0 radical (unpaired) electrons. The van der Waals surface area contributed by atoms with Crippen molar-refractivity contribution in [1.82, 2.24) is 19.4 Å². The lowest BCUT2D eigenvalue weighted by Crippen LogP contribution is -2.39. The first-order chi connectivity index (χ1) is 18.8. The largest absolute Gasteiger partial charge is 0.433 e. The lowest BCUT2D eigenvalue weighted by molar-refractivity contribution is -0.141. The molecule has 1 aromatic carbocycles. The highest BCUT2D eigenvalue weighted by Crippen LogP contribution is 2.40. The second-order valence-corrected chi connectivity index (χ2v) is 12.0. The number of carbonyl (C=O) groups is 2. The normalized spacial score (nSPS) is 17.6. The van der Waals surface area contributed by atoms with E-state index in [0.717, 1.165) is 16.8 Å². The number of sulfone groups is 1. The number of hydrogen-bond acceptors (Lipinski definition) is 7. The smallest absolute Gasteiger partial charge is 0.310 e. The van der Waals surface area contributed by atoms with Crippen LogP contribution in [0.15, 0.2) is 59.9 Å². The standard InChI is InChI=1S/C27H24F3N5O4S/c1-3-40(38,39)17-6-4-16(5-7-17)14-22(36)34-21-9-8-18-19(33-21)10-11-26(2,24(18)37)23-25-32-15-20(27(28,29)30)35(25)13-12-31-23/h4-9,12-13,15H,3,10-11,14H2,1-2H3,(H,33,34,36). The Balaban J connectivity index is 1.35. The van der Waals surface area contributed by atoms with Gasteiger partial charge < -0.3 is 5.32 Å². The van der Waals surface area contributed by atoms with Gasteiger partial charge in [-0.15, -0.1) is 0 Å². The third-order valence-electron chi connectivity index (χ3n) is 7.12. The van der Waals surface area contributed by atoms with E-state index >= 15 is 0 Å². The van der Waals surface area contributed by atoms with Crippen LogP contribution in [0.4, 0.5) is 19.0 Å². The van der Waals surface area contributed by atoms with Gasteiger partial charge in [0.1, 0.15) is 11.5 Å². The predicted molar refractivity (Wildman–Crippen MR) is 139 cm³/mol. The first-order valence-corrected chi connectivity index (χ1v) is 14.0. The van der Waals surface area contributed by atoms with Crippen LogP contribution in [0.25, 0.3) is 5.65 Å². The fourth-order valence-electron chi connectivity index (χ4n) is 4.85. The van der Waals surface area contributed by atoms with E-state index in [1.165, 1.54) is 30.5 Å². The highest BCUT2D eigenvalue weighted by Gasteiger charge is 2.44. The minimum absolute atomic E-state index is 0.0118. The molecule has 0 fully saturated rings. The molecular weight excluding hydrogens is 547 g/mol. The van der Waals surface area contributed by atoms with Crippen molar-refractivity contribution in [2.75, 3.05) is 11.1 Å². The number of fused-ring (bicyclic) bond motifs is 2. The number of imidazole rings is 1. The van der Waals surface area contributed by atoms with Crippen LogP contribution in [-0.4, -0.2) is 45.2 Å². The Hall–Kier alpha value is -4.13. The summed E-state index contributed by atoms with van der Waals surface area (Å²) in [4.78, 5) is 39.0. The van der Waals surface area contributed by atoms with E-state index in [-0.39, 0.29) is 52.3 Å². The van der Waals surface area contributed by atoms with Crippen LogP contribution >= 0.6 is 0 Å². The maximum Gasteiger partial charge on any atom is 0.433 e. The number of rotatable bonds is 6. The molecule has 208 valence electrons. The number of benzene rings is 1. The van der Waals surface area contributed by atoms with E-state index in [1.807, 2.05) is 0 Å². The summed E-state index contributed by atoms with van der Waals surface area (Å²) in [5.41, 5.74) is -0.699. The van der Waals surface area contributed by atoms with Gasteiger partial charge in [0.15, 0.2) is 21.3 Å². The van der Waals surface area contributed by atoms with Crippen molar-refractivity contribution in [3.8, 4) is 0 Å². The molecule has 0 saturated carbocycles. The van der Waals surface area contributed by atoms with Crippen molar-refractivity contribution in [3.63, 3.8) is 0 Å². The van der Waals surface area contributed by atoms with Crippen LogP contribution in [-0.2, 0) is 39.1 Å². The quantitative estimate of drug-likeness (QED) is 0.368. The molecule has 9 nitrogen and oxygen atoms in total. The third-order valence-corrected chi connectivity index (χ3v) is 8.87. The molecule has 1 aliphatic rings. The minimum Gasteiger partial charge on any atom is -0.310 e. The molecule has 1 unspecified atom stereocenters. The molecule has 1 atom stereocenters. The van der Waals surface area contributed by atoms with Gasteiger partial charge >= 0.3 is 6.18 Å². The first-order valence-electron chi connectivity index (χ1n) is 12.4. The molecule has 3 aromatic heterocycles. The van der Waals surface area contributed by atoms with Crippen molar-refractivity contribution in [3.05, 3.63) is 83.2 Å². The molecule has 5 rings (SSSR count). The van der Waals surface area contributed by atoms with Gasteiger partial charge in [-0.25, -0.2) is 18.4 Å². The molecule has 0 bridgehead atoms. The predicted octanol–water partition coefficient (Wildman–Crippen LogP) is 4.20. The van der Waals surface area contributed by atoms with Crippen molar-refractivity contribution in [1.29, 1.82) is 0 Å². The zero-order chi connectivity index (χ0) is 28.9. The summed E-state index contributed by atoms with van der Waals surface area (Å²) in [5.74, 6) is -0.499. The van der Waals surface area contributed by atoms with Crippen LogP contribution < -0.4 is 5.32 Å². The summed E-state index contributed by atoms with van der Waals surface area (Å²) in [6, 6.07) is 9.10. The summed E-state index contributed by atoms with van der Waals surface area (Å²) >= 11 is 0. The second-order valence-electron chi connectivity index (χ2n) is 9.73. The Labute approximate surface area is 227 Å². The molecular formula is C27H24F3N5O4S. The summed E-state index contributed by atoms with van der Waals surface area (Å²) in [7, 11) is -3.34. The number of pyridine rings is 1. The summed E-state index contributed by atoms with van der Waals surface area (Å²) < 4.78 is 65.1. The Kier molecular flexibility index (Phi) is 6.73. The van der Waals surface area contributed by atoms with E-state index in [2.05, 4.69) is 20.3 Å². The number of carbonyl (C=O) groups excluding carboxylic acids is 2. The molecule has 0 aliphatic heterocycles. The number of halogens is 3. The van der Waals surface area contributed by atoms with Gasteiger partial charge in [-0.2, -0.15) is 13.2 Å². The minimum atomic E-state index is -4.62. The van der Waals surface area contributed by atoms with Crippen LogP contribution in [0.5, 0.6) is 0 Å². The Morgan fingerprint density at radius 3 is 2.52 bits per heavy atom. The maximum absolute atomic E-state index is 13.6. The second kappa shape index (κ2) is 9.81. The molecule has 0 spiro atoms. The summed E-state index contributed by atoms with van der Waals surface area (Å²) in [6.45, 7) is 3.19. The fraction of sp³-hybridized carbons (Fsp3) is 0.296. The number of nitrogens with zero attached hydrogens (tertiary/aromatic N) is 4. The Bertz CT molecular complexity index is 1750. The molecule has 1 N–H and O–H groups in total. The van der Waals surface area contributed by atoms with Gasteiger partial charge in [-0.1, -0.05) is 19.1 Å². The molecule has 1 aliphatic carbocycles. The fourth-order valence-corrected chi connectivity index (χ4v) is 5.73. The molecule has 40 heavy (non-hydrogen) atoms. The van der Waals surface area contributed by atoms with Crippen LogP contribution in [0, 0.1) is 0 Å². The molecule has 1 amide bonds. The zero-order valence-electron chi connectivity index (χ0n) is 21.5. The molecule has 3 heterocycles. The number of hydrogen-bond donors (Lipinski definition) is 1. The van der Waals surface area contributed by atoms with Crippen LogP contribution in [0.2, 0.25) is 0 Å². The van der Waals surface area contributed by atoms with E-state index in [9.17, 15) is 31.2 Å². The van der Waals surface area contributed by atoms with Crippen LogP contribution in [0.1, 0.15) is 53.3 Å². The number of nitrogens with one attached hydrogen (secondary N) is 1. The van der Waals surface area contributed by atoms with Gasteiger partial charge in [-0.3, -0.25) is 19.0 Å². The number of amides is 1. The van der Waals surface area contributed by atoms with Crippen molar-refractivity contribution in [2.45, 2.75) is 49.6 Å². The van der Waals surface area contributed by atoms with Gasteiger partial charge in [0.2, 0.25) is 5.91 Å². The monoisotopic (exact) mass is 571 g/mol. The van der Waals surface area contributed by atoms with Gasteiger partial charge in [-0.05, 0) is 49.6 Å². The summed E-state index contributed by atoms with van der Waals surface area (Å²) in [5, 5.41) is 2.69. The molecule has 13 heteroatoms. The number of aromatic nitrogens is 4. The number of anilines is 1. The molecule has 4 aromatic rings. The SMILES string of the molecule is CCS(=O)(=O)c1ccc(CC(=O)Nc2ccc3c(n2)CCC(C)(c2nccn4c(C(F)(F)F)cnc24)C3=O)cc1. The average Bonchev–Trinajstić information content (AvgIpc) is 3.36. The van der Waals surface area contributed by atoms with Crippen molar-refractivity contribution < 1.29 is 31.2 Å². The van der Waals surface area contributed by atoms with Crippen molar-refractivity contribution in [2.24, 2.45) is 0 Å². The maximum atomic E-state index is 13.6. The van der Waals surface area contributed by atoms with E-state index in [4.69, 9.17) is 0 Å². The lowest BCUT2D eigenvalue weighted by Gasteiger charge is -2.32. The average molecular weight is 572 g/mol. The van der Waals surface area contributed by atoms with Gasteiger partial charge in [0, 0.05) is 18.0 Å². The van der Waals surface area contributed by atoms with Gasteiger partial charge in [0.05, 0.1) is 40.1 Å². The topological polar surface area (TPSA) is 123 Å². The highest BCUT2D eigenvalue weighted by atomic mass is 32.2. The number of alkyl halides is 3. The Morgan fingerprint density at radius 2 is 1.85 bits per heavy atom. The zero-order valence-corrected chi connectivity index (χ0v) is 22.3. The highest BCUT2D eigenvalue weighted by molar-refractivity contribution is 7.91. The molecule has 0 saturated heterocycles. The number of ketones is 1. The van der Waals surface area contributed by atoms with Gasteiger partial charge in [0.25, 0.3) is 0 Å². The lowest BCUT2D eigenvalue weighted by atomic mass is 9.71. The van der Waals surface area contributed by atoms with E-state index in [1.54, 1.807) is 26.0 Å². The van der Waals surface area contributed by atoms with E-state index < -0.39 is 27.1 Å². The summed E-state index contributed by atoms with van der Waals surface area (Å²) in [6.07, 6.45) is -0.962. The number of aryl methyl sites for hydroxylation is 1. The third kappa shape index (κ3) is 4.85. The van der Waals surface area contributed by atoms with E-state index in [0.29, 0.717) is 23.2 Å².